The molecule has 10 heteroatoms. The van der Waals surface area contributed by atoms with Gasteiger partial charge in [-0.3, -0.25) is 24.0 Å². The number of Topliss-reactive ketones (excluding diaryl/α,β-unsaturated/α-hetero) is 1. The normalized spacial score (nSPS) is 16.1. The largest absolute Gasteiger partial charge is 0.458 e. The number of amides is 2. The SMILES string of the molecule is CC(=O)c1nn(CC(=O)N2C(=O)CCC2C(=O)OC(C)(C)C)c2ccc(-c3cnc(C)nc3)cc12. The van der Waals surface area contributed by atoms with Crippen molar-refractivity contribution in [3.05, 3.63) is 42.1 Å². The van der Waals surface area contributed by atoms with E-state index in [-0.39, 0.29) is 30.9 Å². The van der Waals surface area contributed by atoms with Crippen LogP contribution in [0.2, 0.25) is 0 Å². The molecule has 0 saturated carbocycles. The Hall–Kier alpha value is -3.95. The van der Waals surface area contributed by atoms with Gasteiger partial charge in [-0.05, 0) is 51.8 Å². The maximum atomic E-state index is 13.2. The molecule has 0 radical (unpaired) electrons. The number of imide groups is 1. The fourth-order valence-electron chi connectivity index (χ4n) is 4.07. The highest BCUT2D eigenvalue weighted by atomic mass is 16.6. The summed E-state index contributed by atoms with van der Waals surface area (Å²) >= 11 is 0. The molecule has 1 aliphatic rings. The second-order valence-corrected chi connectivity index (χ2v) is 9.56. The summed E-state index contributed by atoms with van der Waals surface area (Å²) in [5, 5.41) is 4.93. The molecule has 1 atom stereocenters. The zero-order valence-electron chi connectivity index (χ0n) is 20.4. The second-order valence-electron chi connectivity index (χ2n) is 9.56. The molecule has 0 aliphatic carbocycles. The number of hydrogen-bond donors (Lipinski definition) is 0. The summed E-state index contributed by atoms with van der Waals surface area (Å²) in [4.78, 5) is 60.0. The first-order chi connectivity index (χ1) is 16.4. The van der Waals surface area contributed by atoms with Crippen LogP contribution in [0.5, 0.6) is 0 Å². The third kappa shape index (κ3) is 4.96. The molecule has 1 fully saturated rings. The summed E-state index contributed by atoms with van der Waals surface area (Å²) in [6.07, 6.45) is 3.68. The number of benzene rings is 1. The van der Waals surface area contributed by atoms with Gasteiger partial charge in [0.05, 0.1) is 5.52 Å². The average molecular weight is 478 g/mol. The minimum Gasteiger partial charge on any atom is -0.458 e. The number of carbonyl (C=O) groups is 4. The molecule has 35 heavy (non-hydrogen) atoms. The van der Waals surface area contributed by atoms with Crippen LogP contribution < -0.4 is 0 Å². The van der Waals surface area contributed by atoms with E-state index < -0.39 is 29.4 Å². The zero-order valence-corrected chi connectivity index (χ0v) is 20.4. The summed E-state index contributed by atoms with van der Waals surface area (Å²) in [5.41, 5.74) is 1.59. The summed E-state index contributed by atoms with van der Waals surface area (Å²) in [6.45, 7) is 8.07. The highest BCUT2D eigenvalue weighted by molar-refractivity contribution is 6.06. The van der Waals surface area contributed by atoms with Crippen molar-refractivity contribution in [2.24, 2.45) is 0 Å². The highest BCUT2D eigenvalue weighted by Crippen LogP contribution is 2.28. The van der Waals surface area contributed by atoms with Crippen molar-refractivity contribution < 1.29 is 23.9 Å². The molecule has 0 N–H and O–H groups in total. The molecule has 4 rings (SSSR count). The molecule has 10 nitrogen and oxygen atoms in total. The Bertz CT molecular complexity index is 1340. The average Bonchev–Trinajstić information content (AvgIpc) is 3.33. The lowest BCUT2D eigenvalue weighted by Crippen LogP contribution is -2.46. The van der Waals surface area contributed by atoms with E-state index in [9.17, 15) is 19.2 Å². The van der Waals surface area contributed by atoms with E-state index in [1.54, 1.807) is 52.2 Å². The van der Waals surface area contributed by atoms with Crippen molar-refractivity contribution in [3.8, 4) is 11.1 Å². The topological polar surface area (TPSA) is 124 Å². The van der Waals surface area contributed by atoms with Gasteiger partial charge >= 0.3 is 5.97 Å². The summed E-state index contributed by atoms with van der Waals surface area (Å²) in [5.74, 6) is -1.25. The number of fused-ring (bicyclic) bond motifs is 1. The molecule has 3 aromatic rings. The predicted molar refractivity (Wildman–Crippen MR) is 126 cm³/mol. The highest BCUT2D eigenvalue weighted by Gasteiger charge is 2.42. The Balaban J connectivity index is 1.66. The van der Waals surface area contributed by atoms with Crippen LogP contribution in [0.1, 0.15) is 56.8 Å². The van der Waals surface area contributed by atoms with Crippen molar-refractivity contribution in [3.63, 3.8) is 0 Å². The first-order valence-electron chi connectivity index (χ1n) is 11.3. The first kappa shape index (κ1) is 24.2. The van der Waals surface area contributed by atoms with Crippen LogP contribution in [-0.4, -0.2) is 59.9 Å². The lowest BCUT2D eigenvalue weighted by Gasteiger charge is -2.26. The van der Waals surface area contributed by atoms with Crippen LogP contribution in [0.3, 0.4) is 0 Å². The molecule has 1 aromatic carbocycles. The third-order valence-corrected chi connectivity index (χ3v) is 5.64. The van der Waals surface area contributed by atoms with E-state index in [1.807, 2.05) is 6.07 Å². The van der Waals surface area contributed by atoms with Crippen LogP contribution >= 0.6 is 0 Å². The number of aromatic nitrogens is 4. The number of ketones is 1. The van der Waals surface area contributed by atoms with Crippen molar-refractivity contribution in [1.82, 2.24) is 24.6 Å². The quantitative estimate of drug-likeness (QED) is 0.406. The fraction of sp³-hybridized carbons (Fsp3) is 0.400. The van der Waals surface area contributed by atoms with Crippen molar-refractivity contribution >= 4 is 34.5 Å². The summed E-state index contributed by atoms with van der Waals surface area (Å²) in [7, 11) is 0. The molecule has 182 valence electrons. The number of esters is 1. The molecule has 2 aromatic heterocycles. The number of carbonyl (C=O) groups excluding carboxylic acids is 4. The first-order valence-corrected chi connectivity index (χ1v) is 11.3. The van der Waals surface area contributed by atoms with Crippen LogP contribution in [0.4, 0.5) is 0 Å². The molecule has 1 aliphatic heterocycles. The Morgan fingerprint density at radius 1 is 1.11 bits per heavy atom. The van der Waals surface area contributed by atoms with Gasteiger partial charge in [0.25, 0.3) is 5.91 Å². The van der Waals surface area contributed by atoms with Gasteiger partial charge in [-0.1, -0.05) is 6.07 Å². The Morgan fingerprint density at radius 2 is 1.80 bits per heavy atom. The van der Waals surface area contributed by atoms with Crippen molar-refractivity contribution in [1.29, 1.82) is 0 Å². The van der Waals surface area contributed by atoms with E-state index in [1.165, 1.54) is 11.6 Å². The van der Waals surface area contributed by atoms with Gasteiger partial charge < -0.3 is 4.74 Å². The van der Waals surface area contributed by atoms with Gasteiger partial charge in [0.15, 0.2) is 5.78 Å². The number of hydrogen-bond acceptors (Lipinski definition) is 8. The number of aryl methyl sites for hydroxylation is 1. The monoisotopic (exact) mass is 477 g/mol. The lowest BCUT2D eigenvalue weighted by atomic mass is 10.0. The number of ether oxygens (including phenoxy) is 1. The molecule has 1 saturated heterocycles. The number of rotatable bonds is 5. The molecular weight excluding hydrogens is 450 g/mol. The van der Waals surface area contributed by atoms with Gasteiger partial charge in [0.2, 0.25) is 5.91 Å². The van der Waals surface area contributed by atoms with Crippen molar-refractivity contribution in [2.75, 3.05) is 0 Å². The van der Waals surface area contributed by atoms with Gasteiger partial charge in [0.1, 0.15) is 29.7 Å². The van der Waals surface area contributed by atoms with Crippen LogP contribution in [0.15, 0.2) is 30.6 Å². The minimum atomic E-state index is -0.975. The number of likely N-dealkylation sites (tertiary alicyclic amines) is 1. The van der Waals surface area contributed by atoms with Gasteiger partial charge in [-0.2, -0.15) is 5.10 Å². The lowest BCUT2D eigenvalue weighted by molar-refractivity contribution is -0.165. The minimum absolute atomic E-state index is 0.0795. The van der Waals surface area contributed by atoms with Gasteiger partial charge in [-0.25, -0.2) is 14.8 Å². The van der Waals surface area contributed by atoms with E-state index in [2.05, 4.69) is 15.1 Å². The molecular formula is C25H27N5O5. The molecule has 1 unspecified atom stereocenters. The molecule has 0 bridgehead atoms. The van der Waals surface area contributed by atoms with Crippen LogP contribution in [0.25, 0.3) is 22.0 Å². The van der Waals surface area contributed by atoms with Crippen LogP contribution in [0, 0.1) is 6.92 Å². The third-order valence-electron chi connectivity index (χ3n) is 5.64. The summed E-state index contributed by atoms with van der Waals surface area (Å²) in [6, 6.07) is 4.41. The van der Waals surface area contributed by atoms with E-state index in [0.29, 0.717) is 16.7 Å². The second kappa shape index (κ2) is 9.01. The Kier molecular flexibility index (Phi) is 6.23. The molecule has 2 amide bonds. The summed E-state index contributed by atoms with van der Waals surface area (Å²) < 4.78 is 6.80. The van der Waals surface area contributed by atoms with Gasteiger partial charge in [0, 0.05) is 36.7 Å². The van der Waals surface area contributed by atoms with Crippen LogP contribution in [-0.2, 0) is 25.7 Å². The van der Waals surface area contributed by atoms with Gasteiger partial charge in [-0.15, -0.1) is 0 Å². The molecule has 0 spiro atoms. The Labute approximate surface area is 202 Å². The smallest absolute Gasteiger partial charge is 0.329 e. The van der Waals surface area contributed by atoms with Crippen molar-refractivity contribution in [2.45, 2.75) is 65.6 Å². The van der Waals surface area contributed by atoms with E-state index >= 15 is 0 Å². The standard InChI is InChI=1S/C25H27N5O5/c1-14(31)23-18-10-16(17-11-26-15(2)27-12-17)6-7-19(18)29(28-23)13-22(33)30-20(8-9-21(30)32)24(34)35-25(3,4)5/h6-7,10-12,20H,8-9,13H2,1-5H3. The maximum Gasteiger partial charge on any atom is 0.329 e. The zero-order chi connectivity index (χ0) is 25.5. The predicted octanol–water partition coefficient (Wildman–Crippen LogP) is 2.86. The molecule has 3 heterocycles. The van der Waals surface area contributed by atoms with E-state index in [0.717, 1.165) is 16.0 Å². The Morgan fingerprint density at radius 3 is 2.43 bits per heavy atom. The van der Waals surface area contributed by atoms with E-state index in [4.69, 9.17) is 4.74 Å². The fourth-order valence-corrected chi connectivity index (χ4v) is 4.07. The maximum absolute atomic E-state index is 13.2. The number of nitrogens with zero attached hydrogens (tertiary/aromatic N) is 5.